The molecule has 110 valence electrons. The van der Waals surface area contributed by atoms with Crippen molar-refractivity contribution >= 4 is 12.4 Å². The van der Waals surface area contributed by atoms with Crippen LogP contribution < -0.4 is 10.1 Å². The predicted molar refractivity (Wildman–Crippen MR) is 76.3 cm³/mol. The van der Waals surface area contributed by atoms with Crippen LogP contribution in [0.2, 0.25) is 0 Å². The first-order chi connectivity index (χ1) is 8.28. The fourth-order valence-electron chi connectivity index (χ4n) is 1.27. The highest BCUT2D eigenvalue weighted by Gasteiger charge is 2.12. The van der Waals surface area contributed by atoms with Gasteiger partial charge in [0.05, 0.1) is 0 Å². The van der Waals surface area contributed by atoms with Crippen LogP contribution in [0.4, 0.5) is 0 Å². The molecule has 0 radical (unpaired) electrons. The quantitative estimate of drug-likeness (QED) is 0.620. The average Bonchev–Trinajstić information content (AvgIpc) is 2.27. The summed E-state index contributed by atoms with van der Waals surface area (Å²) in [6.07, 6.45) is -0.639. The van der Waals surface area contributed by atoms with E-state index in [1.165, 1.54) is 18.2 Å². The molecule has 0 aromatic heterocycles. The number of aliphatic hydroxyl groups is 1. The summed E-state index contributed by atoms with van der Waals surface area (Å²) in [5.74, 6) is -0.0350. The van der Waals surface area contributed by atoms with E-state index in [4.69, 9.17) is 9.84 Å². The lowest BCUT2D eigenvalue weighted by Gasteiger charge is -2.22. The molecule has 0 aliphatic carbocycles. The summed E-state index contributed by atoms with van der Waals surface area (Å²) >= 11 is 0. The van der Waals surface area contributed by atoms with Crippen molar-refractivity contribution in [2.45, 2.75) is 32.4 Å². The van der Waals surface area contributed by atoms with Gasteiger partial charge in [0, 0.05) is 18.2 Å². The molecule has 1 aromatic carbocycles. The van der Waals surface area contributed by atoms with Crippen LogP contribution in [0.15, 0.2) is 18.2 Å². The van der Waals surface area contributed by atoms with Crippen molar-refractivity contribution in [1.82, 2.24) is 5.32 Å². The van der Waals surface area contributed by atoms with Crippen LogP contribution in [-0.2, 0) is 0 Å². The molecular formula is C13H22ClNO4. The number of benzene rings is 1. The monoisotopic (exact) mass is 291 g/mol. The third-order valence-corrected chi connectivity index (χ3v) is 2.26. The van der Waals surface area contributed by atoms with Crippen LogP contribution in [-0.4, -0.2) is 40.1 Å². The molecule has 0 aliphatic rings. The Morgan fingerprint density at radius 3 is 2.37 bits per heavy atom. The largest absolute Gasteiger partial charge is 0.504 e. The van der Waals surface area contributed by atoms with Crippen molar-refractivity contribution in [2.75, 3.05) is 13.2 Å². The highest BCUT2D eigenvalue weighted by atomic mass is 35.5. The van der Waals surface area contributed by atoms with Crippen molar-refractivity contribution in [3.8, 4) is 17.2 Å². The van der Waals surface area contributed by atoms with Gasteiger partial charge in [-0.3, -0.25) is 0 Å². The van der Waals surface area contributed by atoms with Crippen LogP contribution >= 0.6 is 12.4 Å². The summed E-state index contributed by atoms with van der Waals surface area (Å²) in [5.41, 5.74) is -0.0578. The molecule has 1 atom stereocenters. The number of phenols is 2. The molecular weight excluding hydrogens is 270 g/mol. The number of rotatable bonds is 5. The van der Waals surface area contributed by atoms with Gasteiger partial charge in [-0.05, 0) is 32.9 Å². The highest BCUT2D eigenvalue weighted by Crippen LogP contribution is 2.28. The van der Waals surface area contributed by atoms with E-state index in [-0.39, 0.29) is 36.1 Å². The molecule has 5 nitrogen and oxygen atoms in total. The maximum absolute atomic E-state index is 9.70. The lowest BCUT2D eigenvalue weighted by molar-refractivity contribution is 0.0999. The number of ether oxygens (including phenoxy) is 1. The zero-order valence-corrected chi connectivity index (χ0v) is 12.2. The number of aromatic hydroxyl groups is 2. The molecule has 1 unspecified atom stereocenters. The molecule has 0 amide bonds. The number of phenolic OH excluding ortho intramolecular Hbond substituents is 2. The Balaban J connectivity index is 0.00000324. The van der Waals surface area contributed by atoms with Gasteiger partial charge in [-0.15, -0.1) is 12.4 Å². The molecule has 0 bridgehead atoms. The Hall–Kier alpha value is -1.17. The molecule has 0 fully saturated rings. The summed E-state index contributed by atoms with van der Waals surface area (Å²) in [6, 6.07) is 4.17. The molecule has 0 spiro atoms. The molecule has 19 heavy (non-hydrogen) atoms. The van der Waals surface area contributed by atoms with Gasteiger partial charge >= 0.3 is 0 Å². The van der Waals surface area contributed by atoms with Crippen LogP contribution in [0.3, 0.4) is 0 Å². The van der Waals surface area contributed by atoms with Crippen LogP contribution in [0.5, 0.6) is 17.2 Å². The standard InChI is InChI=1S/C13H21NO4.ClH/c1-13(2,3)14-7-9(15)8-18-10-4-5-11(16)12(17)6-10;/h4-6,9,14-17H,7-8H2,1-3H3;1H. The van der Waals surface area contributed by atoms with E-state index < -0.39 is 6.10 Å². The van der Waals surface area contributed by atoms with E-state index in [0.29, 0.717) is 12.3 Å². The molecule has 1 rings (SSSR count). The number of hydrogen-bond acceptors (Lipinski definition) is 5. The maximum Gasteiger partial charge on any atom is 0.161 e. The summed E-state index contributed by atoms with van der Waals surface area (Å²) < 4.78 is 5.31. The van der Waals surface area contributed by atoms with Crippen LogP contribution in [0.1, 0.15) is 20.8 Å². The van der Waals surface area contributed by atoms with E-state index in [1.807, 2.05) is 20.8 Å². The summed E-state index contributed by atoms with van der Waals surface area (Å²) in [7, 11) is 0. The molecule has 6 heteroatoms. The fourth-order valence-corrected chi connectivity index (χ4v) is 1.27. The Labute approximate surface area is 119 Å². The number of nitrogens with one attached hydrogen (secondary N) is 1. The van der Waals surface area contributed by atoms with Gasteiger partial charge in [0.25, 0.3) is 0 Å². The topological polar surface area (TPSA) is 82.0 Å². The summed E-state index contributed by atoms with van der Waals surface area (Å²) in [5, 5.41) is 31.3. The third kappa shape index (κ3) is 7.10. The SMILES string of the molecule is CC(C)(C)NCC(O)COc1ccc(O)c(O)c1.Cl. The number of hydrogen-bond donors (Lipinski definition) is 4. The molecule has 1 aromatic rings. The minimum absolute atomic E-state index is 0. The lowest BCUT2D eigenvalue weighted by Crippen LogP contribution is -2.42. The second kappa shape index (κ2) is 7.43. The average molecular weight is 292 g/mol. The van der Waals surface area contributed by atoms with Gasteiger partial charge in [0.1, 0.15) is 18.5 Å². The minimum atomic E-state index is -0.639. The first-order valence-corrected chi connectivity index (χ1v) is 5.86. The molecule has 0 aliphatic heterocycles. The van der Waals surface area contributed by atoms with E-state index in [9.17, 15) is 10.2 Å². The molecule has 0 heterocycles. The molecule has 0 saturated heterocycles. The van der Waals surface area contributed by atoms with E-state index in [2.05, 4.69) is 5.32 Å². The smallest absolute Gasteiger partial charge is 0.161 e. The third-order valence-electron chi connectivity index (χ3n) is 2.26. The second-order valence-electron chi connectivity index (χ2n) is 5.25. The number of aliphatic hydroxyl groups excluding tert-OH is 1. The van der Waals surface area contributed by atoms with Crippen molar-refractivity contribution in [2.24, 2.45) is 0 Å². The zero-order valence-electron chi connectivity index (χ0n) is 11.4. The Bertz CT molecular complexity index is 393. The van der Waals surface area contributed by atoms with Gasteiger partial charge in [-0.2, -0.15) is 0 Å². The molecule has 4 N–H and O–H groups in total. The maximum atomic E-state index is 9.70. The van der Waals surface area contributed by atoms with Gasteiger partial charge in [0.2, 0.25) is 0 Å². The predicted octanol–water partition coefficient (Wildman–Crippen LogP) is 1.65. The van der Waals surface area contributed by atoms with Gasteiger partial charge in [-0.25, -0.2) is 0 Å². The molecule has 0 saturated carbocycles. The fraction of sp³-hybridized carbons (Fsp3) is 0.538. The minimum Gasteiger partial charge on any atom is -0.504 e. The summed E-state index contributed by atoms with van der Waals surface area (Å²) in [4.78, 5) is 0. The van der Waals surface area contributed by atoms with Crippen molar-refractivity contribution in [3.63, 3.8) is 0 Å². The van der Waals surface area contributed by atoms with Gasteiger partial charge in [-0.1, -0.05) is 0 Å². The van der Waals surface area contributed by atoms with Crippen LogP contribution in [0.25, 0.3) is 0 Å². The van der Waals surface area contributed by atoms with E-state index in [0.717, 1.165) is 0 Å². The van der Waals surface area contributed by atoms with Crippen molar-refractivity contribution < 1.29 is 20.1 Å². The van der Waals surface area contributed by atoms with E-state index in [1.54, 1.807) is 0 Å². The Morgan fingerprint density at radius 2 is 1.84 bits per heavy atom. The lowest BCUT2D eigenvalue weighted by atomic mass is 10.1. The number of halogens is 1. The van der Waals surface area contributed by atoms with Gasteiger partial charge in [0.15, 0.2) is 11.5 Å². The Morgan fingerprint density at radius 1 is 1.21 bits per heavy atom. The first kappa shape index (κ1) is 17.8. The first-order valence-electron chi connectivity index (χ1n) is 5.86. The van der Waals surface area contributed by atoms with E-state index >= 15 is 0 Å². The number of β-amino-alcohol motifs (C(OH)–C–C–N with tert-alkyl or cyclic N) is 1. The summed E-state index contributed by atoms with van der Waals surface area (Å²) in [6.45, 7) is 6.58. The van der Waals surface area contributed by atoms with Gasteiger partial charge < -0.3 is 25.4 Å². The van der Waals surface area contributed by atoms with Crippen molar-refractivity contribution in [1.29, 1.82) is 0 Å². The highest BCUT2D eigenvalue weighted by molar-refractivity contribution is 5.85. The normalized spacial score (nSPS) is 12.6. The van der Waals surface area contributed by atoms with Crippen molar-refractivity contribution in [3.05, 3.63) is 18.2 Å². The zero-order chi connectivity index (χ0) is 13.8. The Kier molecular flexibility index (Phi) is 6.97. The second-order valence-corrected chi connectivity index (χ2v) is 5.25. The van der Waals surface area contributed by atoms with Crippen LogP contribution in [0, 0.1) is 0 Å².